The highest BCUT2D eigenvalue weighted by atomic mass is 16.3. The second-order valence-electron chi connectivity index (χ2n) is 6.83. The number of amides is 2. The first-order valence-corrected chi connectivity index (χ1v) is 8.79. The molecule has 8 heteroatoms. The molecule has 0 radical (unpaired) electrons. The van der Waals surface area contributed by atoms with Crippen LogP contribution in [0.15, 0.2) is 54.9 Å². The Morgan fingerprint density at radius 1 is 1.25 bits per heavy atom. The molecule has 142 valence electrons. The van der Waals surface area contributed by atoms with Gasteiger partial charge >= 0.3 is 0 Å². The van der Waals surface area contributed by atoms with Gasteiger partial charge in [0.1, 0.15) is 5.69 Å². The van der Waals surface area contributed by atoms with E-state index >= 15 is 0 Å². The summed E-state index contributed by atoms with van der Waals surface area (Å²) in [6.07, 6.45) is 3.50. The Hall–Kier alpha value is -3.52. The number of carbonyl (C=O) groups is 2. The highest BCUT2D eigenvalue weighted by Crippen LogP contribution is 2.32. The van der Waals surface area contributed by atoms with Crippen molar-refractivity contribution in [3.8, 4) is 16.9 Å². The molecule has 8 nitrogen and oxygen atoms in total. The maximum atomic E-state index is 12.3. The van der Waals surface area contributed by atoms with E-state index in [9.17, 15) is 14.7 Å². The monoisotopic (exact) mass is 377 g/mol. The zero-order valence-corrected chi connectivity index (χ0v) is 15.2. The molecule has 0 spiro atoms. The Bertz CT molecular complexity index is 1080. The number of pyridine rings is 1. The van der Waals surface area contributed by atoms with Gasteiger partial charge in [-0.3, -0.25) is 9.59 Å². The van der Waals surface area contributed by atoms with Crippen LogP contribution < -0.4 is 5.73 Å². The van der Waals surface area contributed by atoms with Gasteiger partial charge in [-0.15, -0.1) is 0 Å². The first-order valence-electron chi connectivity index (χ1n) is 8.79. The van der Waals surface area contributed by atoms with Crippen LogP contribution in [0, 0.1) is 0 Å². The van der Waals surface area contributed by atoms with E-state index < -0.39 is 11.5 Å². The minimum atomic E-state index is -1.54. The zero-order valence-electron chi connectivity index (χ0n) is 15.2. The van der Waals surface area contributed by atoms with Crippen LogP contribution in [-0.4, -0.2) is 50.2 Å². The molecule has 0 saturated carbocycles. The van der Waals surface area contributed by atoms with E-state index in [0.29, 0.717) is 24.2 Å². The van der Waals surface area contributed by atoms with Crippen molar-refractivity contribution >= 4 is 11.8 Å². The normalized spacial score (nSPS) is 19.2. The van der Waals surface area contributed by atoms with Gasteiger partial charge in [0.15, 0.2) is 5.60 Å². The van der Waals surface area contributed by atoms with Gasteiger partial charge in [-0.25, -0.2) is 9.67 Å². The Morgan fingerprint density at radius 3 is 2.75 bits per heavy atom. The second-order valence-corrected chi connectivity index (χ2v) is 6.83. The van der Waals surface area contributed by atoms with Crippen molar-refractivity contribution in [2.24, 2.45) is 5.73 Å². The van der Waals surface area contributed by atoms with Gasteiger partial charge in [-0.1, -0.05) is 18.2 Å². The smallest absolute Gasteiger partial charge is 0.267 e. The molecule has 0 aliphatic carbocycles. The quantitative estimate of drug-likeness (QED) is 0.706. The van der Waals surface area contributed by atoms with Crippen LogP contribution in [0.5, 0.6) is 0 Å². The van der Waals surface area contributed by atoms with Crippen LogP contribution in [0.2, 0.25) is 0 Å². The summed E-state index contributed by atoms with van der Waals surface area (Å²) in [6, 6.07) is 12.5. The van der Waals surface area contributed by atoms with Crippen LogP contribution in [0.4, 0.5) is 0 Å². The van der Waals surface area contributed by atoms with E-state index in [4.69, 9.17) is 5.73 Å². The number of benzene rings is 1. The average Bonchev–Trinajstić information content (AvgIpc) is 3.31. The molecule has 3 heterocycles. The summed E-state index contributed by atoms with van der Waals surface area (Å²) in [5.74, 6) is -0.914. The highest BCUT2D eigenvalue weighted by molar-refractivity contribution is 5.91. The van der Waals surface area contributed by atoms with Crippen molar-refractivity contribution < 1.29 is 14.7 Å². The lowest BCUT2D eigenvalue weighted by atomic mass is 9.95. The van der Waals surface area contributed by atoms with Gasteiger partial charge in [-0.05, 0) is 24.3 Å². The Balaban J connectivity index is 1.68. The SMILES string of the molecule is CN1CCC(O)(c2cnn(-c3cccc(-c4cccc(C(N)=O)n4)c3)c2)C1=O. The molecule has 1 unspecified atom stereocenters. The van der Waals surface area contributed by atoms with Crippen LogP contribution in [0.1, 0.15) is 22.5 Å². The number of hydrogen-bond donors (Lipinski definition) is 2. The Kier molecular flexibility index (Phi) is 4.20. The number of nitrogens with two attached hydrogens (primary N) is 1. The number of aromatic nitrogens is 3. The fourth-order valence-electron chi connectivity index (χ4n) is 3.34. The van der Waals surface area contributed by atoms with Gasteiger partial charge in [0.2, 0.25) is 0 Å². The predicted molar refractivity (Wildman–Crippen MR) is 101 cm³/mol. The number of rotatable bonds is 4. The number of aliphatic hydroxyl groups is 1. The predicted octanol–water partition coefficient (Wildman–Crippen LogP) is 1.08. The number of likely N-dealkylation sites (tertiary alicyclic amines) is 1. The molecule has 0 bridgehead atoms. The molecule has 4 rings (SSSR count). The van der Waals surface area contributed by atoms with Crippen LogP contribution in [0.25, 0.3) is 16.9 Å². The standard InChI is InChI=1S/C20H19N5O3/c1-24-9-8-20(28,19(24)27)14-11-22-25(12-14)15-5-2-4-13(10-15)16-6-3-7-17(23-16)18(21)26/h2-7,10-12,28H,8-9H2,1H3,(H2,21,26). The van der Waals surface area contributed by atoms with Gasteiger partial charge in [0, 0.05) is 37.3 Å². The van der Waals surface area contributed by atoms with Crippen LogP contribution >= 0.6 is 0 Å². The maximum absolute atomic E-state index is 12.3. The Labute approximate surface area is 161 Å². The first-order chi connectivity index (χ1) is 13.4. The molecule has 28 heavy (non-hydrogen) atoms. The molecule has 3 aromatic rings. The number of carbonyl (C=O) groups excluding carboxylic acids is 2. The lowest BCUT2D eigenvalue weighted by molar-refractivity contribution is -0.143. The molecule has 1 saturated heterocycles. The maximum Gasteiger partial charge on any atom is 0.267 e. The minimum absolute atomic E-state index is 0.190. The summed E-state index contributed by atoms with van der Waals surface area (Å²) in [5.41, 5.74) is 6.54. The van der Waals surface area contributed by atoms with Crippen molar-refractivity contribution in [1.82, 2.24) is 19.7 Å². The van der Waals surface area contributed by atoms with Crippen LogP contribution in [-0.2, 0) is 10.4 Å². The summed E-state index contributed by atoms with van der Waals surface area (Å²) in [6.45, 7) is 0.498. The summed E-state index contributed by atoms with van der Waals surface area (Å²) < 4.78 is 1.60. The van der Waals surface area contributed by atoms with Gasteiger partial charge in [-0.2, -0.15) is 5.10 Å². The van der Waals surface area contributed by atoms with E-state index in [0.717, 1.165) is 11.3 Å². The lowest BCUT2D eigenvalue weighted by Gasteiger charge is -2.18. The summed E-state index contributed by atoms with van der Waals surface area (Å²) in [7, 11) is 1.67. The zero-order chi connectivity index (χ0) is 19.9. The van der Waals surface area contributed by atoms with Crippen LogP contribution in [0.3, 0.4) is 0 Å². The fourth-order valence-corrected chi connectivity index (χ4v) is 3.34. The third-order valence-corrected chi connectivity index (χ3v) is 4.98. The molecular weight excluding hydrogens is 358 g/mol. The van der Waals surface area contributed by atoms with E-state index in [2.05, 4.69) is 10.1 Å². The van der Waals surface area contributed by atoms with E-state index in [1.54, 1.807) is 36.1 Å². The summed E-state index contributed by atoms with van der Waals surface area (Å²) in [5, 5.41) is 15.1. The first kappa shape index (κ1) is 17.9. The highest BCUT2D eigenvalue weighted by Gasteiger charge is 2.46. The number of hydrogen-bond acceptors (Lipinski definition) is 5. The van der Waals surface area contributed by atoms with Crippen molar-refractivity contribution in [2.75, 3.05) is 13.6 Å². The topological polar surface area (TPSA) is 114 Å². The van der Waals surface area contributed by atoms with E-state index in [1.165, 1.54) is 11.1 Å². The summed E-state index contributed by atoms with van der Waals surface area (Å²) in [4.78, 5) is 29.5. The molecule has 1 aromatic carbocycles. The molecule has 2 amide bonds. The van der Waals surface area contributed by atoms with Gasteiger partial charge in [0.05, 0.1) is 17.6 Å². The Morgan fingerprint density at radius 2 is 2.04 bits per heavy atom. The van der Waals surface area contributed by atoms with Crippen molar-refractivity contribution in [2.45, 2.75) is 12.0 Å². The van der Waals surface area contributed by atoms with Crippen molar-refractivity contribution in [3.05, 3.63) is 66.1 Å². The molecule has 2 aromatic heterocycles. The third-order valence-electron chi connectivity index (χ3n) is 4.98. The summed E-state index contributed by atoms with van der Waals surface area (Å²) >= 11 is 0. The second kappa shape index (κ2) is 6.58. The van der Waals surface area contributed by atoms with Gasteiger partial charge < -0.3 is 15.7 Å². The average molecular weight is 377 g/mol. The fraction of sp³-hybridized carbons (Fsp3) is 0.200. The van der Waals surface area contributed by atoms with E-state index in [1.807, 2.05) is 24.3 Å². The number of primary amides is 1. The van der Waals surface area contributed by atoms with E-state index in [-0.39, 0.29) is 11.6 Å². The molecule has 1 aliphatic heterocycles. The molecule has 1 atom stereocenters. The largest absolute Gasteiger partial charge is 0.375 e. The third kappa shape index (κ3) is 2.93. The number of likely N-dealkylation sites (N-methyl/N-ethyl adjacent to an activating group) is 1. The minimum Gasteiger partial charge on any atom is -0.375 e. The molecule has 1 fully saturated rings. The lowest BCUT2D eigenvalue weighted by Crippen LogP contribution is -2.35. The number of nitrogens with zero attached hydrogens (tertiary/aromatic N) is 4. The molecular formula is C20H19N5O3. The van der Waals surface area contributed by atoms with Gasteiger partial charge in [0.25, 0.3) is 11.8 Å². The van der Waals surface area contributed by atoms with Crippen molar-refractivity contribution in [3.63, 3.8) is 0 Å². The van der Waals surface area contributed by atoms with Crippen molar-refractivity contribution in [1.29, 1.82) is 0 Å². The molecule has 3 N–H and O–H groups in total. The molecule has 1 aliphatic rings.